The maximum Gasteiger partial charge on any atom is 0.261 e. The summed E-state index contributed by atoms with van der Waals surface area (Å²) >= 11 is 0. The molecule has 0 fully saturated rings. The molecule has 0 aliphatic carbocycles. The number of carbonyl (C=O) groups is 1. The third kappa shape index (κ3) is 3.61. The summed E-state index contributed by atoms with van der Waals surface area (Å²) in [5.41, 5.74) is 1.08. The molecule has 18 heavy (non-hydrogen) atoms. The first-order chi connectivity index (χ1) is 8.25. The lowest BCUT2D eigenvalue weighted by atomic mass is 10.1. The quantitative estimate of drug-likeness (QED) is 0.850. The van der Waals surface area contributed by atoms with Crippen molar-refractivity contribution in [3.63, 3.8) is 0 Å². The lowest BCUT2D eigenvalue weighted by Gasteiger charge is -2.11. The molecule has 0 aliphatic heterocycles. The van der Waals surface area contributed by atoms with E-state index >= 15 is 0 Å². The molecule has 0 spiro atoms. The molecule has 0 unspecified atom stereocenters. The van der Waals surface area contributed by atoms with Crippen LogP contribution in [0.3, 0.4) is 0 Å². The van der Waals surface area contributed by atoms with Gasteiger partial charge in [0.15, 0.2) is 6.61 Å². The van der Waals surface area contributed by atoms with Crippen molar-refractivity contribution in [2.24, 2.45) is 0 Å². The lowest BCUT2D eigenvalue weighted by molar-refractivity contribution is -0.122. The Labute approximate surface area is 111 Å². The summed E-state index contributed by atoms with van der Waals surface area (Å²) in [6.07, 6.45) is 0. The third-order valence-electron chi connectivity index (χ3n) is 2.37. The van der Waals surface area contributed by atoms with Gasteiger partial charge in [-0.3, -0.25) is 4.79 Å². The number of carbonyl (C=O) groups excluding carboxylic acids is 1. The van der Waals surface area contributed by atoms with Gasteiger partial charge in [-0.25, -0.2) is 8.42 Å². The number of hydrogen-bond acceptors (Lipinski definition) is 4. The molecule has 0 aromatic heterocycles. The number of aryl methyl sites for hydroxylation is 2. The molecule has 1 aromatic rings. The molecule has 1 N–H and O–H groups in total. The van der Waals surface area contributed by atoms with Crippen LogP contribution >= 0.6 is 10.7 Å². The highest BCUT2D eigenvalue weighted by Gasteiger charge is 2.16. The van der Waals surface area contributed by atoms with Crippen molar-refractivity contribution in [3.05, 3.63) is 23.3 Å². The molecular weight excluding hydrogens is 278 g/mol. The molecule has 0 saturated heterocycles. The van der Waals surface area contributed by atoms with Gasteiger partial charge >= 0.3 is 0 Å². The van der Waals surface area contributed by atoms with Crippen molar-refractivity contribution < 1.29 is 17.9 Å². The molecule has 100 valence electrons. The first kappa shape index (κ1) is 14.8. The fourth-order valence-corrected chi connectivity index (χ4v) is 2.66. The molecule has 1 rings (SSSR count). The highest BCUT2D eigenvalue weighted by atomic mass is 35.7. The molecule has 0 atom stereocenters. The van der Waals surface area contributed by atoms with Gasteiger partial charge < -0.3 is 10.1 Å². The second-order valence-electron chi connectivity index (χ2n) is 3.78. The molecule has 1 aromatic carbocycles. The number of ether oxygens (including phenoxy) is 1. The van der Waals surface area contributed by atoms with Gasteiger partial charge in [-0.2, -0.15) is 0 Å². The van der Waals surface area contributed by atoms with Gasteiger partial charge in [0.1, 0.15) is 5.75 Å². The van der Waals surface area contributed by atoms with Crippen LogP contribution in [0.15, 0.2) is 17.0 Å². The predicted molar refractivity (Wildman–Crippen MR) is 68.5 cm³/mol. The minimum Gasteiger partial charge on any atom is -0.483 e. The zero-order chi connectivity index (χ0) is 13.9. The number of amides is 1. The van der Waals surface area contributed by atoms with Crippen LogP contribution in [-0.4, -0.2) is 28.0 Å². The van der Waals surface area contributed by atoms with Gasteiger partial charge in [-0.15, -0.1) is 0 Å². The van der Waals surface area contributed by atoms with Crippen molar-refractivity contribution in [1.29, 1.82) is 0 Å². The Balaban J connectivity index is 3.05. The van der Waals surface area contributed by atoms with E-state index in [9.17, 15) is 13.2 Å². The van der Waals surface area contributed by atoms with Crippen molar-refractivity contribution in [2.45, 2.75) is 18.7 Å². The smallest absolute Gasteiger partial charge is 0.261 e. The Hall–Kier alpha value is -1.27. The van der Waals surface area contributed by atoms with Gasteiger partial charge in [0.05, 0.1) is 4.90 Å². The topological polar surface area (TPSA) is 72.5 Å². The number of benzene rings is 1. The Bertz CT molecular complexity index is 569. The number of nitrogens with one attached hydrogen (secondary N) is 1. The van der Waals surface area contributed by atoms with Gasteiger partial charge in [0.2, 0.25) is 0 Å². The van der Waals surface area contributed by atoms with Gasteiger partial charge in [-0.05, 0) is 37.1 Å². The summed E-state index contributed by atoms with van der Waals surface area (Å²) in [7, 11) is 3.04. The van der Waals surface area contributed by atoms with Crippen LogP contribution in [0.1, 0.15) is 11.1 Å². The number of likely N-dealkylation sites (N-methyl/N-ethyl adjacent to an activating group) is 1. The van der Waals surface area contributed by atoms with E-state index < -0.39 is 9.05 Å². The van der Waals surface area contributed by atoms with E-state index in [0.717, 1.165) is 0 Å². The molecule has 0 saturated carbocycles. The van der Waals surface area contributed by atoms with Crippen molar-refractivity contribution in [3.8, 4) is 5.75 Å². The van der Waals surface area contributed by atoms with E-state index in [0.29, 0.717) is 16.9 Å². The van der Waals surface area contributed by atoms with Crippen molar-refractivity contribution >= 4 is 25.6 Å². The Morgan fingerprint density at radius 1 is 1.33 bits per heavy atom. The maximum atomic E-state index is 11.3. The molecule has 0 aliphatic rings. The monoisotopic (exact) mass is 291 g/mol. The molecule has 0 heterocycles. The Morgan fingerprint density at radius 2 is 1.94 bits per heavy atom. The predicted octanol–water partition coefficient (Wildman–Crippen LogP) is 1.36. The highest BCUT2D eigenvalue weighted by Crippen LogP contribution is 2.27. The van der Waals surface area contributed by atoms with E-state index in [4.69, 9.17) is 15.4 Å². The minimum absolute atomic E-state index is 0.0500. The van der Waals surface area contributed by atoms with E-state index in [1.54, 1.807) is 19.9 Å². The molecule has 7 heteroatoms. The molecule has 1 amide bonds. The average molecular weight is 292 g/mol. The van der Waals surface area contributed by atoms with E-state index in [-0.39, 0.29) is 17.4 Å². The minimum atomic E-state index is -3.77. The molecule has 5 nitrogen and oxygen atoms in total. The summed E-state index contributed by atoms with van der Waals surface area (Å²) in [5, 5.41) is 2.42. The van der Waals surface area contributed by atoms with Crippen molar-refractivity contribution in [2.75, 3.05) is 13.7 Å². The van der Waals surface area contributed by atoms with E-state index in [2.05, 4.69) is 5.32 Å². The number of halogens is 1. The SMILES string of the molecule is CNC(=O)COc1cc(C)c(S(=O)(=O)Cl)cc1C. The lowest BCUT2D eigenvalue weighted by Crippen LogP contribution is -2.25. The fraction of sp³-hybridized carbons (Fsp3) is 0.364. The summed E-state index contributed by atoms with van der Waals surface area (Å²) in [6, 6.07) is 2.98. The zero-order valence-electron chi connectivity index (χ0n) is 10.3. The van der Waals surface area contributed by atoms with Gasteiger partial charge in [0, 0.05) is 17.7 Å². The van der Waals surface area contributed by atoms with Crippen LogP contribution in [-0.2, 0) is 13.8 Å². The van der Waals surface area contributed by atoms with Crippen LogP contribution in [0.25, 0.3) is 0 Å². The average Bonchev–Trinajstić information content (AvgIpc) is 2.27. The molecule has 0 bridgehead atoms. The zero-order valence-corrected chi connectivity index (χ0v) is 11.9. The third-order valence-corrected chi connectivity index (χ3v) is 3.84. The first-order valence-electron chi connectivity index (χ1n) is 5.15. The summed E-state index contributed by atoms with van der Waals surface area (Å²) in [5.74, 6) is 0.196. The first-order valence-corrected chi connectivity index (χ1v) is 7.46. The van der Waals surface area contributed by atoms with Crippen molar-refractivity contribution in [1.82, 2.24) is 5.32 Å². The van der Waals surface area contributed by atoms with Crippen LogP contribution in [0.5, 0.6) is 5.75 Å². The van der Waals surface area contributed by atoms with Crippen LogP contribution in [0.2, 0.25) is 0 Å². The molecular formula is C11H14ClNO4S. The van der Waals surface area contributed by atoms with Crippen LogP contribution in [0.4, 0.5) is 0 Å². The number of hydrogen-bond donors (Lipinski definition) is 1. The summed E-state index contributed by atoms with van der Waals surface area (Å²) < 4.78 is 27.9. The Morgan fingerprint density at radius 3 is 2.44 bits per heavy atom. The number of rotatable bonds is 4. The molecule has 0 radical (unpaired) electrons. The standard InChI is InChI=1S/C11H14ClNO4S/c1-7-5-10(18(12,15)16)8(2)4-9(7)17-6-11(14)13-3/h4-5H,6H2,1-3H3,(H,13,14). The van der Waals surface area contributed by atoms with E-state index in [1.807, 2.05) is 0 Å². The van der Waals surface area contributed by atoms with Crippen LogP contribution < -0.4 is 10.1 Å². The second kappa shape index (κ2) is 5.58. The summed E-state index contributed by atoms with van der Waals surface area (Å²) in [6.45, 7) is 3.18. The highest BCUT2D eigenvalue weighted by molar-refractivity contribution is 8.13. The Kier molecular flexibility index (Phi) is 4.59. The normalized spacial score (nSPS) is 11.1. The summed E-state index contributed by atoms with van der Waals surface area (Å²) in [4.78, 5) is 11.1. The van der Waals surface area contributed by atoms with Gasteiger partial charge in [-0.1, -0.05) is 0 Å². The van der Waals surface area contributed by atoms with Crippen LogP contribution in [0, 0.1) is 13.8 Å². The van der Waals surface area contributed by atoms with Gasteiger partial charge in [0.25, 0.3) is 15.0 Å². The van der Waals surface area contributed by atoms with E-state index in [1.165, 1.54) is 13.1 Å². The fourth-order valence-electron chi connectivity index (χ4n) is 1.40. The largest absolute Gasteiger partial charge is 0.483 e. The maximum absolute atomic E-state index is 11.3. The second-order valence-corrected chi connectivity index (χ2v) is 6.32.